The third-order valence-corrected chi connectivity index (χ3v) is 6.35. The molecule has 1 fully saturated rings. The van der Waals surface area contributed by atoms with Gasteiger partial charge in [0.05, 0.1) is 43.8 Å². The molecule has 0 saturated carbocycles. The summed E-state index contributed by atoms with van der Waals surface area (Å²) in [4.78, 5) is 17.0. The van der Waals surface area contributed by atoms with Crippen LogP contribution in [-0.2, 0) is 16.0 Å². The summed E-state index contributed by atoms with van der Waals surface area (Å²) in [5.41, 5.74) is 0.692. The normalized spacial score (nSPS) is 15.5. The SMILES string of the molecule is CNC(=O)c1cc(-c2cnn3cc(-c4cnn(CCOC)c4)c(N[C@H]4CCOC4)nc23)c(F)c(C(F)F)c1. The Morgan fingerprint density at radius 3 is 2.76 bits per heavy atom. The predicted molar refractivity (Wildman–Crippen MR) is 133 cm³/mol. The lowest BCUT2D eigenvalue weighted by atomic mass is 10.00. The van der Waals surface area contributed by atoms with Crippen molar-refractivity contribution in [1.29, 1.82) is 0 Å². The van der Waals surface area contributed by atoms with Gasteiger partial charge in [-0.25, -0.2) is 22.7 Å². The molecule has 38 heavy (non-hydrogen) atoms. The van der Waals surface area contributed by atoms with Gasteiger partial charge in [-0.15, -0.1) is 0 Å². The van der Waals surface area contributed by atoms with Crippen molar-refractivity contribution in [3.63, 3.8) is 0 Å². The van der Waals surface area contributed by atoms with Crippen LogP contribution < -0.4 is 10.6 Å². The number of amides is 1. The van der Waals surface area contributed by atoms with Crippen molar-refractivity contribution in [3.05, 3.63) is 53.9 Å². The first-order valence-electron chi connectivity index (χ1n) is 12.0. The quantitative estimate of drug-likeness (QED) is 0.342. The minimum Gasteiger partial charge on any atom is -0.383 e. The number of halogens is 3. The molecule has 0 bridgehead atoms. The van der Waals surface area contributed by atoms with Crippen molar-refractivity contribution in [1.82, 2.24) is 29.7 Å². The van der Waals surface area contributed by atoms with Crippen LogP contribution in [0.3, 0.4) is 0 Å². The minimum absolute atomic E-state index is 0.00245. The van der Waals surface area contributed by atoms with Gasteiger partial charge >= 0.3 is 0 Å². The van der Waals surface area contributed by atoms with Gasteiger partial charge < -0.3 is 20.1 Å². The van der Waals surface area contributed by atoms with Crippen LogP contribution in [0.1, 0.15) is 28.8 Å². The van der Waals surface area contributed by atoms with Crippen LogP contribution in [0, 0.1) is 5.82 Å². The smallest absolute Gasteiger partial charge is 0.266 e. The van der Waals surface area contributed by atoms with E-state index in [1.807, 2.05) is 6.20 Å². The molecule has 4 aromatic rings. The fourth-order valence-electron chi connectivity index (χ4n) is 4.35. The summed E-state index contributed by atoms with van der Waals surface area (Å²) in [6.45, 7) is 2.15. The van der Waals surface area contributed by atoms with Gasteiger partial charge in [0.1, 0.15) is 11.6 Å². The molecule has 3 aromatic heterocycles. The first kappa shape index (κ1) is 25.7. The van der Waals surface area contributed by atoms with Crippen LogP contribution in [-0.4, -0.2) is 70.3 Å². The number of nitrogens with one attached hydrogen (secondary N) is 2. The molecule has 1 aromatic carbocycles. The van der Waals surface area contributed by atoms with Gasteiger partial charge in [0.25, 0.3) is 12.3 Å². The van der Waals surface area contributed by atoms with Crippen molar-refractivity contribution in [3.8, 4) is 22.3 Å². The van der Waals surface area contributed by atoms with E-state index < -0.39 is 23.7 Å². The number of methoxy groups -OCH3 is 1. The first-order chi connectivity index (χ1) is 18.4. The number of rotatable bonds is 9. The largest absolute Gasteiger partial charge is 0.383 e. The van der Waals surface area contributed by atoms with Crippen LogP contribution in [0.15, 0.2) is 36.9 Å². The van der Waals surface area contributed by atoms with Crippen LogP contribution in [0.25, 0.3) is 27.9 Å². The highest BCUT2D eigenvalue weighted by molar-refractivity contribution is 5.96. The monoisotopic (exact) mass is 529 g/mol. The fraction of sp³-hybridized carbons (Fsp3) is 0.360. The molecule has 0 unspecified atom stereocenters. The highest BCUT2D eigenvalue weighted by Gasteiger charge is 2.25. The summed E-state index contributed by atoms with van der Waals surface area (Å²) in [5, 5.41) is 14.5. The second kappa shape index (κ2) is 10.8. The molecule has 0 radical (unpaired) electrons. The zero-order chi connectivity index (χ0) is 26.8. The number of nitrogens with zero attached hydrogens (tertiary/aromatic N) is 5. The Morgan fingerprint density at radius 1 is 1.21 bits per heavy atom. The highest BCUT2D eigenvalue weighted by Crippen LogP contribution is 2.36. The van der Waals surface area contributed by atoms with Gasteiger partial charge in [-0.05, 0) is 18.6 Å². The number of aromatic nitrogens is 5. The van der Waals surface area contributed by atoms with Crippen molar-refractivity contribution < 1.29 is 27.4 Å². The number of fused-ring (bicyclic) bond motifs is 1. The lowest BCUT2D eigenvalue weighted by Gasteiger charge is -2.16. The molecule has 1 aliphatic rings. The Bertz CT molecular complexity index is 1460. The second-order valence-electron chi connectivity index (χ2n) is 8.83. The summed E-state index contributed by atoms with van der Waals surface area (Å²) in [6, 6.07) is 2.08. The summed E-state index contributed by atoms with van der Waals surface area (Å²) < 4.78 is 56.5. The summed E-state index contributed by atoms with van der Waals surface area (Å²) in [7, 11) is 2.98. The van der Waals surface area contributed by atoms with Gasteiger partial charge in [-0.1, -0.05) is 0 Å². The topological polar surface area (TPSA) is 108 Å². The van der Waals surface area contributed by atoms with Crippen LogP contribution >= 0.6 is 0 Å². The van der Waals surface area contributed by atoms with Gasteiger partial charge in [0, 0.05) is 61.0 Å². The molecule has 1 atom stereocenters. The van der Waals surface area contributed by atoms with E-state index >= 15 is 4.39 Å². The molecule has 13 heteroatoms. The number of hydrogen-bond acceptors (Lipinski definition) is 7. The molecule has 4 heterocycles. The zero-order valence-electron chi connectivity index (χ0n) is 20.7. The zero-order valence-corrected chi connectivity index (χ0v) is 20.7. The van der Waals surface area contributed by atoms with Gasteiger partial charge in [-0.3, -0.25) is 9.48 Å². The van der Waals surface area contributed by atoms with E-state index in [4.69, 9.17) is 14.5 Å². The Labute approximate surface area is 215 Å². The van der Waals surface area contributed by atoms with Gasteiger partial charge in [-0.2, -0.15) is 10.2 Å². The number of ether oxygens (including phenoxy) is 2. The lowest BCUT2D eigenvalue weighted by molar-refractivity contribution is 0.0962. The number of carbonyl (C=O) groups is 1. The van der Waals surface area contributed by atoms with Crippen molar-refractivity contribution >= 4 is 17.4 Å². The van der Waals surface area contributed by atoms with E-state index in [0.29, 0.717) is 37.7 Å². The van der Waals surface area contributed by atoms with E-state index in [1.165, 1.54) is 23.8 Å². The van der Waals surface area contributed by atoms with E-state index in [-0.39, 0.29) is 28.4 Å². The van der Waals surface area contributed by atoms with Crippen molar-refractivity contribution in [2.24, 2.45) is 0 Å². The third kappa shape index (κ3) is 4.94. The maximum absolute atomic E-state index is 15.3. The summed E-state index contributed by atoms with van der Waals surface area (Å²) in [6.07, 6.45) is 4.26. The maximum atomic E-state index is 15.3. The van der Waals surface area contributed by atoms with E-state index in [2.05, 4.69) is 20.8 Å². The molecule has 10 nitrogen and oxygen atoms in total. The fourth-order valence-corrected chi connectivity index (χ4v) is 4.35. The molecule has 200 valence electrons. The Morgan fingerprint density at radius 2 is 2.05 bits per heavy atom. The number of anilines is 1. The molecule has 0 spiro atoms. The standard InChI is InChI=1S/C25H26F3N7O3/c1-29-25(36)14-7-17(21(26)18(8-14)22(27)28)19-10-31-35-12-20(15-9-30-34(11-15)4-6-37-2)23(33-24(19)35)32-16-3-5-38-13-16/h7-12,16,22H,3-6,13H2,1-2H3,(H,29,36)(H,32,33)/t16-/m0/s1. The van der Waals surface area contributed by atoms with E-state index in [0.717, 1.165) is 18.1 Å². The first-order valence-corrected chi connectivity index (χ1v) is 12.0. The van der Waals surface area contributed by atoms with Crippen LogP contribution in [0.4, 0.5) is 19.0 Å². The Balaban J connectivity index is 1.65. The molecule has 1 aliphatic heterocycles. The average Bonchev–Trinajstić information content (AvgIpc) is 3.68. The molecular formula is C25H26F3N7O3. The summed E-state index contributed by atoms with van der Waals surface area (Å²) >= 11 is 0. The third-order valence-electron chi connectivity index (χ3n) is 6.35. The molecule has 1 amide bonds. The minimum atomic E-state index is -3.12. The highest BCUT2D eigenvalue weighted by atomic mass is 19.3. The Kier molecular flexibility index (Phi) is 7.29. The van der Waals surface area contributed by atoms with Gasteiger partial charge in [0.15, 0.2) is 5.65 Å². The van der Waals surface area contributed by atoms with Crippen molar-refractivity contribution in [2.75, 3.05) is 39.3 Å². The number of benzene rings is 1. The number of hydrogen-bond donors (Lipinski definition) is 2. The van der Waals surface area contributed by atoms with Crippen LogP contribution in [0.2, 0.25) is 0 Å². The van der Waals surface area contributed by atoms with Crippen molar-refractivity contribution in [2.45, 2.75) is 25.4 Å². The van der Waals surface area contributed by atoms with Crippen LogP contribution in [0.5, 0.6) is 0 Å². The predicted octanol–water partition coefficient (Wildman–Crippen LogP) is 3.54. The average molecular weight is 530 g/mol. The summed E-state index contributed by atoms with van der Waals surface area (Å²) in [5.74, 6) is -1.27. The number of alkyl halides is 2. The van der Waals surface area contributed by atoms with E-state index in [9.17, 15) is 13.6 Å². The number of carbonyl (C=O) groups excluding carboxylic acids is 1. The van der Waals surface area contributed by atoms with E-state index in [1.54, 1.807) is 24.2 Å². The maximum Gasteiger partial charge on any atom is 0.266 e. The molecule has 0 aliphatic carbocycles. The Hall–Kier alpha value is -3.97. The molecular weight excluding hydrogens is 503 g/mol. The van der Waals surface area contributed by atoms with Gasteiger partial charge in [0.2, 0.25) is 0 Å². The lowest BCUT2D eigenvalue weighted by Crippen LogP contribution is -2.20. The second-order valence-corrected chi connectivity index (χ2v) is 8.83. The molecule has 2 N–H and O–H groups in total. The molecule has 1 saturated heterocycles. The molecule has 5 rings (SSSR count).